The minimum atomic E-state index is -4.74. The Balaban J connectivity index is 2.48. The summed E-state index contributed by atoms with van der Waals surface area (Å²) in [5.74, 6) is 0. The van der Waals surface area contributed by atoms with Crippen molar-refractivity contribution in [2.75, 3.05) is 4.72 Å². The average Bonchev–Trinajstić information content (AvgIpc) is 2.77. The summed E-state index contributed by atoms with van der Waals surface area (Å²) in [4.78, 5) is -0.231. The molecule has 0 aliphatic carbocycles. The molecule has 0 aliphatic rings. The molecule has 1 aromatic heterocycles. The van der Waals surface area contributed by atoms with Gasteiger partial charge in [-0.25, -0.2) is 8.42 Å². The lowest BCUT2D eigenvalue weighted by Gasteiger charge is -2.14. The van der Waals surface area contributed by atoms with Gasteiger partial charge in [0.2, 0.25) is 0 Å². The number of rotatable bonds is 3. The minimum absolute atomic E-state index is 0.148. The van der Waals surface area contributed by atoms with Crippen LogP contribution in [0.15, 0.2) is 29.3 Å². The predicted molar refractivity (Wildman–Crippen MR) is 70.6 cm³/mol. The zero-order chi connectivity index (χ0) is 15.8. The zero-order valence-electron chi connectivity index (χ0n) is 10.5. The SMILES string of the molecule is Cc1[nH]ncc1S(=O)(=O)Nc1ccc(Cl)cc1C(F)(F)F. The number of aryl methyl sites for hydroxylation is 1. The molecule has 0 spiro atoms. The molecule has 0 aliphatic heterocycles. The lowest BCUT2D eigenvalue weighted by Crippen LogP contribution is -2.17. The van der Waals surface area contributed by atoms with Crippen molar-refractivity contribution in [3.8, 4) is 0 Å². The Kier molecular flexibility index (Phi) is 3.89. The fourth-order valence-corrected chi connectivity index (χ4v) is 3.04. The van der Waals surface area contributed by atoms with Gasteiger partial charge in [0.15, 0.2) is 0 Å². The second-order valence-corrected chi connectivity index (χ2v) is 6.24. The lowest BCUT2D eigenvalue weighted by molar-refractivity contribution is -0.136. The van der Waals surface area contributed by atoms with Crippen molar-refractivity contribution in [3.63, 3.8) is 0 Å². The van der Waals surface area contributed by atoms with Crippen LogP contribution < -0.4 is 4.72 Å². The number of nitrogens with zero attached hydrogens (tertiary/aromatic N) is 1. The summed E-state index contributed by atoms with van der Waals surface area (Å²) in [5.41, 5.74) is -1.56. The predicted octanol–water partition coefficient (Wildman–Crippen LogP) is 3.19. The van der Waals surface area contributed by atoms with Crippen molar-refractivity contribution in [2.45, 2.75) is 18.0 Å². The van der Waals surface area contributed by atoms with Gasteiger partial charge in [-0.1, -0.05) is 11.6 Å². The van der Waals surface area contributed by atoms with Gasteiger partial charge in [-0.3, -0.25) is 9.82 Å². The van der Waals surface area contributed by atoms with E-state index in [0.29, 0.717) is 6.07 Å². The zero-order valence-corrected chi connectivity index (χ0v) is 12.1. The number of anilines is 1. The Morgan fingerprint density at radius 2 is 2.00 bits per heavy atom. The molecular weight excluding hydrogens is 331 g/mol. The molecule has 0 amide bonds. The number of aromatic nitrogens is 2. The van der Waals surface area contributed by atoms with E-state index in [0.717, 1.165) is 18.3 Å². The largest absolute Gasteiger partial charge is 0.418 e. The molecule has 0 saturated heterocycles. The summed E-state index contributed by atoms with van der Waals surface area (Å²) in [6.07, 6.45) is -3.73. The highest BCUT2D eigenvalue weighted by Gasteiger charge is 2.35. The van der Waals surface area contributed by atoms with Crippen molar-refractivity contribution in [1.29, 1.82) is 0 Å². The molecule has 0 radical (unpaired) electrons. The van der Waals surface area contributed by atoms with Crippen molar-refractivity contribution >= 4 is 27.3 Å². The number of aromatic amines is 1. The average molecular weight is 340 g/mol. The third kappa shape index (κ3) is 3.30. The third-order valence-electron chi connectivity index (χ3n) is 2.60. The third-order valence-corrected chi connectivity index (χ3v) is 4.32. The van der Waals surface area contributed by atoms with E-state index in [-0.39, 0.29) is 15.6 Å². The van der Waals surface area contributed by atoms with Crippen LogP contribution in [0.1, 0.15) is 11.3 Å². The highest BCUT2D eigenvalue weighted by atomic mass is 35.5. The molecule has 0 unspecified atom stereocenters. The highest BCUT2D eigenvalue weighted by molar-refractivity contribution is 7.92. The van der Waals surface area contributed by atoms with E-state index in [9.17, 15) is 21.6 Å². The van der Waals surface area contributed by atoms with Crippen molar-refractivity contribution in [1.82, 2.24) is 10.2 Å². The minimum Gasteiger partial charge on any atom is -0.281 e. The Morgan fingerprint density at radius 3 is 2.52 bits per heavy atom. The van der Waals surface area contributed by atoms with E-state index in [2.05, 4.69) is 10.2 Å². The molecule has 2 N–H and O–H groups in total. The van der Waals surface area contributed by atoms with Crippen LogP contribution in [0.4, 0.5) is 18.9 Å². The number of nitrogens with one attached hydrogen (secondary N) is 2. The standard InChI is InChI=1S/C11H9ClF3N3O2S/c1-6-10(5-16-17-6)21(19,20)18-9-3-2-7(12)4-8(9)11(13,14)15/h2-5,18H,1H3,(H,16,17). The number of hydrogen-bond acceptors (Lipinski definition) is 3. The van der Waals surface area contributed by atoms with Gasteiger partial charge in [0.05, 0.1) is 23.1 Å². The first-order valence-corrected chi connectivity index (χ1v) is 7.37. The van der Waals surface area contributed by atoms with Gasteiger partial charge in [-0.15, -0.1) is 0 Å². The smallest absolute Gasteiger partial charge is 0.281 e. The molecule has 2 rings (SSSR count). The van der Waals surface area contributed by atoms with Crippen LogP contribution >= 0.6 is 11.6 Å². The molecule has 0 fully saturated rings. The quantitative estimate of drug-likeness (QED) is 0.901. The van der Waals surface area contributed by atoms with Crippen LogP contribution in [-0.2, 0) is 16.2 Å². The number of benzene rings is 1. The first-order chi connectivity index (χ1) is 9.61. The van der Waals surface area contributed by atoms with E-state index in [4.69, 9.17) is 11.6 Å². The lowest BCUT2D eigenvalue weighted by atomic mass is 10.2. The Labute approximate surface area is 123 Å². The van der Waals surface area contributed by atoms with Gasteiger partial charge in [-0.05, 0) is 25.1 Å². The van der Waals surface area contributed by atoms with Gasteiger partial charge >= 0.3 is 6.18 Å². The maximum atomic E-state index is 12.9. The van der Waals surface area contributed by atoms with Crippen molar-refractivity contribution in [3.05, 3.63) is 40.7 Å². The fraction of sp³-hybridized carbons (Fsp3) is 0.182. The van der Waals surface area contributed by atoms with E-state index >= 15 is 0 Å². The number of hydrogen-bond donors (Lipinski definition) is 2. The van der Waals surface area contributed by atoms with Crippen LogP contribution in [0.2, 0.25) is 5.02 Å². The summed E-state index contributed by atoms with van der Waals surface area (Å²) in [5, 5.41) is 5.78. The molecule has 114 valence electrons. The highest BCUT2D eigenvalue weighted by Crippen LogP contribution is 2.37. The maximum absolute atomic E-state index is 12.9. The number of alkyl halides is 3. The molecule has 0 atom stereocenters. The van der Waals surface area contributed by atoms with E-state index in [1.807, 2.05) is 4.72 Å². The molecule has 0 saturated carbocycles. The number of sulfonamides is 1. The molecule has 1 heterocycles. The molecule has 10 heteroatoms. The Hall–Kier alpha value is -1.74. The van der Waals surface area contributed by atoms with E-state index in [1.54, 1.807) is 0 Å². The first-order valence-electron chi connectivity index (χ1n) is 5.51. The number of halogens is 4. The summed E-state index contributed by atoms with van der Waals surface area (Å²) >= 11 is 5.53. The van der Waals surface area contributed by atoms with E-state index < -0.39 is 27.5 Å². The van der Waals surface area contributed by atoms with Crippen LogP contribution in [0.3, 0.4) is 0 Å². The molecule has 2 aromatic rings. The van der Waals surface area contributed by atoms with Gasteiger partial charge in [-0.2, -0.15) is 18.3 Å². The van der Waals surface area contributed by atoms with Gasteiger partial charge < -0.3 is 0 Å². The van der Waals surface area contributed by atoms with Crippen LogP contribution in [0.5, 0.6) is 0 Å². The van der Waals surface area contributed by atoms with Crippen LogP contribution in [0, 0.1) is 6.92 Å². The maximum Gasteiger partial charge on any atom is 0.418 e. The molecular formula is C11H9ClF3N3O2S. The second kappa shape index (κ2) is 5.23. The van der Waals surface area contributed by atoms with Crippen LogP contribution in [-0.4, -0.2) is 18.6 Å². The monoisotopic (exact) mass is 339 g/mol. The van der Waals surface area contributed by atoms with Gasteiger partial charge in [0, 0.05) is 5.02 Å². The summed E-state index contributed by atoms with van der Waals surface area (Å²) in [7, 11) is -4.18. The molecule has 1 aromatic carbocycles. The molecule has 5 nitrogen and oxygen atoms in total. The Bertz CT molecular complexity index is 771. The number of H-pyrrole nitrogens is 1. The molecule has 21 heavy (non-hydrogen) atoms. The fourth-order valence-electron chi connectivity index (χ4n) is 1.65. The van der Waals surface area contributed by atoms with Gasteiger partial charge in [0.1, 0.15) is 4.90 Å². The second-order valence-electron chi connectivity index (χ2n) is 4.15. The Morgan fingerprint density at radius 1 is 1.33 bits per heavy atom. The van der Waals surface area contributed by atoms with Crippen LogP contribution in [0.25, 0.3) is 0 Å². The molecule has 0 bridgehead atoms. The summed E-state index contributed by atoms with van der Waals surface area (Å²) < 4.78 is 64.8. The normalized spacial score (nSPS) is 12.4. The van der Waals surface area contributed by atoms with Crippen molar-refractivity contribution < 1.29 is 21.6 Å². The first kappa shape index (κ1) is 15.6. The summed E-state index contributed by atoms with van der Waals surface area (Å²) in [6.45, 7) is 1.44. The summed E-state index contributed by atoms with van der Waals surface area (Å²) in [6, 6.07) is 2.77. The van der Waals surface area contributed by atoms with E-state index in [1.165, 1.54) is 6.92 Å². The van der Waals surface area contributed by atoms with Gasteiger partial charge in [0.25, 0.3) is 10.0 Å². The topological polar surface area (TPSA) is 74.8 Å². The van der Waals surface area contributed by atoms with Crippen molar-refractivity contribution in [2.24, 2.45) is 0 Å².